The fourth-order valence-electron chi connectivity index (χ4n) is 3.00. The van der Waals surface area contributed by atoms with Crippen molar-refractivity contribution in [2.24, 2.45) is 0 Å². The van der Waals surface area contributed by atoms with Crippen LogP contribution in [0.2, 0.25) is 0 Å². The Morgan fingerprint density at radius 1 is 0.885 bits per heavy atom. The number of hydrogen-bond acceptors (Lipinski definition) is 1. The highest BCUT2D eigenvalue weighted by molar-refractivity contribution is 5.79. The van der Waals surface area contributed by atoms with Crippen LogP contribution in [-0.4, -0.2) is 4.98 Å². The molecule has 1 heteroatoms. The third-order valence-electron chi connectivity index (χ3n) is 4.39. The standard InChI is InChI=1S/C25H25N/c1-4-6-12-20(5-2)24-17-23(22-15-10-11-19(3)16-22)18-25(26-24)21-13-8-7-9-14-21/h5-18H,4H2,1-3H3/b12-6-,20-5+. The summed E-state index contributed by atoms with van der Waals surface area (Å²) in [5, 5.41) is 0. The van der Waals surface area contributed by atoms with E-state index in [1.165, 1.54) is 16.7 Å². The molecule has 2 aromatic carbocycles. The van der Waals surface area contributed by atoms with Crippen LogP contribution in [0.5, 0.6) is 0 Å². The number of nitrogens with zero attached hydrogens (tertiary/aromatic N) is 1. The number of pyridine rings is 1. The van der Waals surface area contributed by atoms with Gasteiger partial charge in [0.05, 0.1) is 11.4 Å². The molecule has 0 aliphatic rings. The van der Waals surface area contributed by atoms with Crippen LogP contribution in [0.25, 0.3) is 28.0 Å². The van der Waals surface area contributed by atoms with Crippen LogP contribution in [0.1, 0.15) is 31.5 Å². The Hall–Kier alpha value is -2.93. The molecule has 0 atom stereocenters. The Morgan fingerprint density at radius 3 is 2.35 bits per heavy atom. The topological polar surface area (TPSA) is 12.9 Å². The predicted octanol–water partition coefficient (Wildman–Crippen LogP) is 7.09. The molecule has 0 N–H and O–H groups in total. The van der Waals surface area contributed by atoms with Crippen molar-refractivity contribution in [1.82, 2.24) is 4.98 Å². The Balaban J connectivity index is 2.18. The smallest absolute Gasteiger partial charge is 0.0715 e. The number of benzene rings is 2. The third-order valence-corrected chi connectivity index (χ3v) is 4.39. The Kier molecular flexibility index (Phi) is 5.80. The molecule has 1 nitrogen and oxygen atoms in total. The van der Waals surface area contributed by atoms with E-state index in [1.54, 1.807) is 0 Å². The lowest BCUT2D eigenvalue weighted by Gasteiger charge is -2.11. The first kappa shape index (κ1) is 17.9. The molecule has 1 aromatic heterocycles. The molecule has 0 amide bonds. The van der Waals surface area contributed by atoms with Gasteiger partial charge in [-0.05, 0) is 49.1 Å². The van der Waals surface area contributed by atoms with Gasteiger partial charge in [-0.15, -0.1) is 0 Å². The molecule has 0 aliphatic heterocycles. The van der Waals surface area contributed by atoms with Gasteiger partial charge in [0, 0.05) is 5.56 Å². The van der Waals surface area contributed by atoms with E-state index < -0.39 is 0 Å². The van der Waals surface area contributed by atoms with Crippen molar-refractivity contribution < 1.29 is 0 Å². The van der Waals surface area contributed by atoms with E-state index in [0.717, 1.165) is 28.9 Å². The lowest BCUT2D eigenvalue weighted by atomic mass is 9.98. The van der Waals surface area contributed by atoms with Crippen LogP contribution in [0.15, 0.2) is 85.0 Å². The first-order chi connectivity index (χ1) is 12.7. The Labute approximate surface area is 156 Å². The minimum atomic E-state index is 1.00. The highest BCUT2D eigenvalue weighted by Crippen LogP contribution is 2.29. The number of rotatable bonds is 5. The number of aryl methyl sites for hydroxylation is 1. The average molecular weight is 339 g/mol. The van der Waals surface area contributed by atoms with E-state index in [-0.39, 0.29) is 0 Å². The van der Waals surface area contributed by atoms with Crippen molar-refractivity contribution >= 4 is 5.57 Å². The summed E-state index contributed by atoms with van der Waals surface area (Å²) in [6, 6.07) is 23.4. The molecular weight excluding hydrogens is 314 g/mol. The van der Waals surface area contributed by atoms with Crippen molar-refractivity contribution in [3.63, 3.8) is 0 Å². The molecule has 0 saturated heterocycles. The van der Waals surface area contributed by atoms with Crippen LogP contribution in [-0.2, 0) is 0 Å². The van der Waals surface area contributed by atoms with Crippen molar-refractivity contribution in [2.75, 3.05) is 0 Å². The minimum absolute atomic E-state index is 1.00. The lowest BCUT2D eigenvalue weighted by molar-refractivity contribution is 1.22. The SMILES string of the molecule is C/C=C(\C=C/CC)c1cc(-c2cccc(C)c2)cc(-c2ccccc2)n1. The molecule has 0 saturated carbocycles. The van der Waals surface area contributed by atoms with Crippen molar-refractivity contribution in [3.8, 4) is 22.4 Å². The summed E-state index contributed by atoms with van der Waals surface area (Å²) in [6.45, 7) is 6.35. The quantitative estimate of drug-likeness (QED) is 0.452. The molecule has 0 fully saturated rings. The Bertz CT molecular complexity index is 933. The molecule has 0 aliphatic carbocycles. The molecule has 0 radical (unpaired) electrons. The molecule has 1 heterocycles. The summed E-state index contributed by atoms with van der Waals surface area (Å²) in [5.74, 6) is 0. The molecule has 3 aromatic rings. The van der Waals surface area contributed by atoms with Crippen molar-refractivity contribution in [3.05, 3.63) is 96.2 Å². The van der Waals surface area contributed by atoms with Crippen LogP contribution in [0.4, 0.5) is 0 Å². The summed E-state index contributed by atoms with van der Waals surface area (Å²) in [7, 11) is 0. The molecule has 3 rings (SSSR count). The minimum Gasteiger partial charge on any atom is -0.248 e. The summed E-state index contributed by atoms with van der Waals surface area (Å²) in [5.41, 5.74) is 7.98. The number of hydrogen-bond donors (Lipinski definition) is 0. The van der Waals surface area contributed by atoms with Crippen LogP contribution >= 0.6 is 0 Å². The maximum atomic E-state index is 4.96. The zero-order valence-corrected chi connectivity index (χ0v) is 15.7. The largest absolute Gasteiger partial charge is 0.248 e. The Morgan fingerprint density at radius 2 is 1.65 bits per heavy atom. The zero-order valence-electron chi connectivity index (χ0n) is 15.7. The monoisotopic (exact) mass is 339 g/mol. The van der Waals surface area contributed by atoms with Gasteiger partial charge in [-0.3, -0.25) is 0 Å². The third kappa shape index (κ3) is 4.18. The molecule has 0 spiro atoms. The van der Waals surface area contributed by atoms with Gasteiger partial charge >= 0.3 is 0 Å². The van der Waals surface area contributed by atoms with Gasteiger partial charge < -0.3 is 0 Å². The van der Waals surface area contributed by atoms with E-state index >= 15 is 0 Å². The van der Waals surface area contributed by atoms with Gasteiger partial charge in [-0.2, -0.15) is 0 Å². The zero-order chi connectivity index (χ0) is 18.4. The highest BCUT2D eigenvalue weighted by atomic mass is 14.7. The van der Waals surface area contributed by atoms with Gasteiger partial charge in [-0.1, -0.05) is 85.3 Å². The van der Waals surface area contributed by atoms with E-state index in [0.29, 0.717) is 0 Å². The molecular formula is C25H25N. The maximum Gasteiger partial charge on any atom is 0.0715 e. The summed E-state index contributed by atoms with van der Waals surface area (Å²) < 4.78 is 0. The normalized spacial score (nSPS) is 11.9. The maximum absolute atomic E-state index is 4.96. The summed E-state index contributed by atoms with van der Waals surface area (Å²) >= 11 is 0. The lowest BCUT2D eigenvalue weighted by Crippen LogP contribution is -1.93. The first-order valence-corrected chi connectivity index (χ1v) is 9.19. The number of aromatic nitrogens is 1. The summed E-state index contributed by atoms with van der Waals surface area (Å²) in [4.78, 5) is 4.96. The second-order valence-electron chi connectivity index (χ2n) is 6.42. The highest BCUT2D eigenvalue weighted by Gasteiger charge is 2.09. The first-order valence-electron chi connectivity index (χ1n) is 9.19. The molecule has 0 bridgehead atoms. The summed E-state index contributed by atoms with van der Waals surface area (Å²) in [6.07, 6.45) is 7.49. The molecule has 26 heavy (non-hydrogen) atoms. The van der Waals surface area contributed by atoms with Gasteiger partial charge in [0.25, 0.3) is 0 Å². The van der Waals surface area contributed by atoms with Gasteiger partial charge in [0.15, 0.2) is 0 Å². The van der Waals surface area contributed by atoms with Crippen molar-refractivity contribution in [2.45, 2.75) is 27.2 Å². The van der Waals surface area contributed by atoms with E-state index in [9.17, 15) is 0 Å². The van der Waals surface area contributed by atoms with Crippen LogP contribution in [0.3, 0.4) is 0 Å². The molecule has 0 unspecified atom stereocenters. The fourth-order valence-corrected chi connectivity index (χ4v) is 3.00. The predicted molar refractivity (Wildman–Crippen MR) is 113 cm³/mol. The van der Waals surface area contributed by atoms with E-state index in [2.05, 4.69) is 99.7 Å². The average Bonchev–Trinajstić information content (AvgIpc) is 2.69. The van der Waals surface area contributed by atoms with Gasteiger partial charge in [0.1, 0.15) is 0 Å². The van der Waals surface area contributed by atoms with Gasteiger partial charge in [-0.25, -0.2) is 4.98 Å². The second-order valence-corrected chi connectivity index (χ2v) is 6.42. The fraction of sp³-hybridized carbons (Fsp3) is 0.160. The van der Waals surface area contributed by atoms with Gasteiger partial charge in [0.2, 0.25) is 0 Å². The van der Waals surface area contributed by atoms with E-state index in [1.807, 2.05) is 6.07 Å². The molecule has 130 valence electrons. The number of allylic oxidation sites excluding steroid dienone is 4. The van der Waals surface area contributed by atoms with Crippen molar-refractivity contribution in [1.29, 1.82) is 0 Å². The van der Waals surface area contributed by atoms with Crippen LogP contribution in [0, 0.1) is 6.92 Å². The van der Waals surface area contributed by atoms with E-state index in [4.69, 9.17) is 4.98 Å². The van der Waals surface area contributed by atoms with Crippen LogP contribution < -0.4 is 0 Å². The second kappa shape index (κ2) is 8.44.